The molecule has 5 heteroatoms. The topological polar surface area (TPSA) is 64.6 Å². The molecule has 0 bridgehead atoms. The van der Waals surface area contributed by atoms with Crippen LogP contribution in [0.4, 0.5) is 4.79 Å². The van der Waals surface area contributed by atoms with Crippen LogP contribution in [0.5, 0.6) is 0 Å². The van der Waals surface area contributed by atoms with Crippen LogP contribution in [0, 0.1) is 11.8 Å². The predicted octanol–water partition coefficient (Wildman–Crippen LogP) is 4.31. The van der Waals surface area contributed by atoms with Gasteiger partial charge in [-0.2, -0.15) is 0 Å². The molecule has 0 spiro atoms. The summed E-state index contributed by atoms with van der Waals surface area (Å²) in [6.45, 7) is 11.5. The van der Waals surface area contributed by atoms with Gasteiger partial charge in [-0.3, -0.25) is 4.79 Å². The van der Waals surface area contributed by atoms with E-state index in [-0.39, 0.29) is 30.5 Å². The van der Waals surface area contributed by atoms with Crippen LogP contribution in [-0.2, 0) is 20.9 Å². The Bertz CT molecular complexity index is 549. The second-order valence-corrected chi connectivity index (χ2v) is 7.73. The van der Waals surface area contributed by atoms with Gasteiger partial charge in [0.15, 0.2) is 0 Å². The van der Waals surface area contributed by atoms with Gasteiger partial charge in [-0.15, -0.1) is 0 Å². The smallest absolute Gasteiger partial charge is 0.407 e. The zero-order valence-corrected chi connectivity index (χ0v) is 16.2. The average molecular weight is 349 g/mol. The fraction of sp³-hybridized carbons (Fsp3) is 0.600. The van der Waals surface area contributed by atoms with Crippen molar-refractivity contribution in [3.63, 3.8) is 0 Å². The van der Waals surface area contributed by atoms with Gasteiger partial charge >= 0.3 is 12.1 Å². The third-order valence-electron chi connectivity index (χ3n) is 3.74. The Hall–Kier alpha value is -2.04. The van der Waals surface area contributed by atoms with Crippen LogP contribution in [0.25, 0.3) is 0 Å². The van der Waals surface area contributed by atoms with E-state index in [9.17, 15) is 9.59 Å². The molecule has 1 unspecified atom stereocenters. The fourth-order valence-corrected chi connectivity index (χ4v) is 2.30. The van der Waals surface area contributed by atoms with Crippen molar-refractivity contribution in [2.75, 3.05) is 0 Å². The molecule has 140 valence electrons. The van der Waals surface area contributed by atoms with Gasteiger partial charge in [-0.1, -0.05) is 51.1 Å². The molecule has 0 radical (unpaired) electrons. The number of hydrogen-bond donors (Lipinski definition) is 1. The summed E-state index contributed by atoms with van der Waals surface area (Å²) in [7, 11) is 0. The second-order valence-electron chi connectivity index (χ2n) is 7.73. The van der Waals surface area contributed by atoms with Gasteiger partial charge in [0.2, 0.25) is 0 Å². The number of carbonyl (C=O) groups excluding carboxylic acids is 2. The lowest BCUT2D eigenvalue weighted by Gasteiger charge is -2.27. The zero-order chi connectivity index (χ0) is 19.0. The normalized spacial score (nSPS) is 13.9. The molecular weight excluding hydrogens is 318 g/mol. The van der Waals surface area contributed by atoms with Gasteiger partial charge in [0.05, 0.1) is 5.92 Å². The molecule has 0 saturated carbocycles. The van der Waals surface area contributed by atoms with E-state index in [2.05, 4.69) is 5.32 Å². The number of carbonyl (C=O) groups is 2. The summed E-state index contributed by atoms with van der Waals surface area (Å²) in [5.41, 5.74) is 0.404. The fourth-order valence-electron chi connectivity index (χ4n) is 2.30. The van der Waals surface area contributed by atoms with Gasteiger partial charge in [0.25, 0.3) is 0 Å². The molecule has 1 N–H and O–H groups in total. The summed E-state index contributed by atoms with van der Waals surface area (Å²) in [5, 5.41) is 2.86. The number of alkyl carbamates (subject to hydrolysis) is 1. The largest absolute Gasteiger partial charge is 0.461 e. The van der Waals surface area contributed by atoms with Crippen molar-refractivity contribution in [2.24, 2.45) is 11.8 Å². The van der Waals surface area contributed by atoms with Crippen molar-refractivity contribution in [3.05, 3.63) is 35.9 Å². The van der Waals surface area contributed by atoms with E-state index in [0.29, 0.717) is 6.42 Å². The highest BCUT2D eigenvalue weighted by Crippen LogP contribution is 2.17. The van der Waals surface area contributed by atoms with Crippen molar-refractivity contribution >= 4 is 12.1 Å². The summed E-state index contributed by atoms with van der Waals surface area (Å²) < 4.78 is 10.7. The molecule has 1 rings (SSSR count). The van der Waals surface area contributed by atoms with E-state index >= 15 is 0 Å². The molecule has 0 saturated heterocycles. The number of ether oxygens (including phenoxy) is 2. The number of benzene rings is 1. The van der Waals surface area contributed by atoms with E-state index in [1.807, 2.05) is 71.9 Å². The SMILES string of the molecule is CC(C[C@@H](NC(=O)OC(C)(C)C)C(C)C)C(=O)OCc1ccccc1. The number of esters is 1. The van der Waals surface area contributed by atoms with E-state index in [1.54, 1.807) is 0 Å². The minimum absolute atomic E-state index is 0.158. The summed E-state index contributed by atoms with van der Waals surface area (Å²) in [5.74, 6) is -0.400. The van der Waals surface area contributed by atoms with Gasteiger partial charge in [0, 0.05) is 6.04 Å². The quantitative estimate of drug-likeness (QED) is 0.745. The molecule has 2 atom stereocenters. The Kier molecular flexibility index (Phi) is 7.94. The van der Waals surface area contributed by atoms with E-state index in [0.717, 1.165) is 5.56 Å². The van der Waals surface area contributed by atoms with Crippen LogP contribution >= 0.6 is 0 Å². The standard InChI is InChI=1S/C20H31NO4/c1-14(2)17(21-19(23)25-20(4,5)6)12-15(3)18(22)24-13-16-10-8-7-9-11-16/h7-11,14-15,17H,12-13H2,1-6H3,(H,21,23)/t15?,17-/m1/s1. The highest BCUT2D eigenvalue weighted by Gasteiger charge is 2.26. The molecule has 0 fully saturated rings. The van der Waals surface area contributed by atoms with Crippen LogP contribution in [0.1, 0.15) is 53.5 Å². The maximum Gasteiger partial charge on any atom is 0.407 e. The highest BCUT2D eigenvalue weighted by molar-refractivity contribution is 5.72. The van der Waals surface area contributed by atoms with Crippen molar-refractivity contribution in [1.82, 2.24) is 5.32 Å². The molecule has 0 aromatic heterocycles. The molecule has 0 aliphatic heterocycles. The van der Waals surface area contributed by atoms with E-state index in [1.165, 1.54) is 0 Å². The third kappa shape index (κ3) is 8.57. The van der Waals surface area contributed by atoms with Crippen LogP contribution in [-0.4, -0.2) is 23.7 Å². The maximum atomic E-state index is 12.2. The maximum absolute atomic E-state index is 12.2. The van der Waals surface area contributed by atoms with Gasteiger partial charge in [0.1, 0.15) is 12.2 Å². The lowest BCUT2D eigenvalue weighted by molar-refractivity contribution is -0.149. The Morgan fingerprint density at radius 1 is 1.08 bits per heavy atom. The average Bonchev–Trinajstić information content (AvgIpc) is 2.50. The summed E-state index contributed by atoms with van der Waals surface area (Å²) in [6, 6.07) is 9.41. The monoisotopic (exact) mass is 349 g/mol. The number of rotatable bonds is 7. The number of amides is 1. The molecular formula is C20H31NO4. The molecule has 0 aliphatic rings. The number of nitrogens with one attached hydrogen (secondary N) is 1. The first-order valence-corrected chi connectivity index (χ1v) is 8.78. The van der Waals surface area contributed by atoms with E-state index in [4.69, 9.17) is 9.47 Å². The van der Waals surface area contributed by atoms with Crippen LogP contribution in [0.15, 0.2) is 30.3 Å². The van der Waals surface area contributed by atoms with Crippen molar-refractivity contribution in [1.29, 1.82) is 0 Å². The van der Waals surface area contributed by atoms with Gasteiger partial charge < -0.3 is 14.8 Å². The zero-order valence-electron chi connectivity index (χ0n) is 16.2. The molecule has 0 heterocycles. The van der Waals surface area contributed by atoms with Crippen LogP contribution in [0.2, 0.25) is 0 Å². The Balaban J connectivity index is 2.53. The highest BCUT2D eigenvalue weighted by atomic mass is 16.6. The predicted molar refractivity (Wildman–Crippen MR) is 98.0 cm³/mol. The van der Waals surface area contributed by atoms with E-state index < -0.39 is 11.7 Å². The summed E-state index contributed by atoms with van der Waals surface area (Å²) >= 11 is 0. The van der Waals surface area contributed by atoms with Crippen LogP contribution < -0.4 is 5.32 Å². The summed E-state index contributed by atoms with van der Waals surface area (Å²) in [4.78, 5) is 24.2. The second kappa shape index (κ2) is 9.44. The lowest BCUT2D eigenvalue weighted by Crippen LogP contribution is -2.43. The third-order valence-corrected chi connectivity index (χ3v) is 3.74. The molecule has 1 aromatic rings. The van der Waals surface area contributed by atoms with Gasteiger partial charge in [-0.05, 0) is 38.7 Å². The first-order chi connectivity index (χ1) is 11.6. The van der Waals surface area contributed by atoms with Crippen molar-refractivity contribution in [3.8, 4) is 0 Å². The molecule has 1 aromatic carbocycles. The number of hydrogen-bond acceptors (Lipinski definition) is 4. The van der Waals surface area contributed by atoms with Gasteiger partial charge in [-0.25, -0.2) is 4.79 Å². The Morgan fingerprint density at radius 2 is 1.68 bits per heavy atom. The lowest BCUT2D eigenvalue weighted by atomic mass is 9.93. The Morgan fingerprint density at radius 3 is 2.20 bits per heavy atom. The van der Waals surface area contributed by atoms with Crippen molar-refractivity contribution in [2.45, 2.75) is 66.2 Å². The minimum atomic E-state index is -0.550. The van der Waals surface area contributed by atoms with Crippen molar-refractivity contribution < 1.29 is 19.1 Å². The molecule has 0 aliphatic carbocycles. The first-order valence-electron chi connectivity index (χ1n) is 8.78. The molecule has 1 amide bonds. The molecule has 25 heavy (non-hydrogen) atoms. The first kappa shape index (κ1) is 21.0. The van der Waals surface area contributed by atoms with Crippen LogP contribution in [0.3, 0.4) is 0 Å². The molecule has 5 nitrogen and oxygen atoms in total. The summed E-state index contributed by atoms with van der Waals surface area (Å²) in [6.07, 6.45) is 0.0425. The minimum Gasteiger partial charge on any atom is -0.461 e. The Labute approximate surface area is 151 Å².